The number of aliphatic hydroxyl groups excluding tert-OH is 2. The molecule has 8 nitrogen and oxygen atoms in total. The number of esters is 2. The van der Waals surface area contributed by atoms with Crippen LogP contribution in [0, 0.1) is 0 Å². The van der Waals surface area contributed by atoms with E-state index in [1.807, 2.05) is 49.4 Å². The SMILES string of the molecule is CC(=O)OC[C@H]1O[C@H](C2=CC=CC(C)(Oc3ccccc3)C=C2)[C@@H](O)[C@@H](O)[C@@H]1OC(C)=O. The maximum atomic E-state index is 11.5. The van der Waals surface area contributed by atoms with E-state index in [0.29, 0.717) is 11.3 Å². The van der Waals surface area contributed by atoms with E-state index in [9.17, 15) is 19.8 Å². The minimum absolute atomic E-state index is 0.241. The summed E-state index contributed by atoms with van der Waals surface area (Å²) in [5.74, 6) is -0.498. The summed E-state index contributed by atoms with van der Waals surface area (Å²) in [6.45, 7) is 4.07. The second-order valence-corrected chi connectivity index (χ2v) is 7.91. The van der Waals surface area contributed by atoms with Crippen LogP contribution in [0.3, 0.4) is 0 Å². The maximum Gasteiger partial charge on any atom is 0.303 e. The smallest absolute Gasteiger partial charge is 0.303 e. The molecule has 1 aromatic rings. The van der Waals surface area contributed by atoms with E-state index in [2.05, 4.69) is 0 Å². The van der Waals surface area contributed by atoms with E-state index in [0.717, 1.165) is 0 Å². The first kappa shape index (κ1) is 23.7. The van der Waals surface area contributed by atoms with Crippen molar-refractivity contribution < 1.29 is 38.7 Å². The zero-order valence-corrected chi connectivity index (χ0v) is 18.2. The third kappa shape index (κ3) is 5.85. The van der Waals surface area contributed by atoms with Crippen LogP contribution in [0.25, 0.3) is 0 Å². The first-order valence-corrected chi connectivity index (χ1v) is 10.3. The van der Waals surface area contributed by atoms with Crippen LogP contribution in [-0.2, 0) is 23.8 Å². The average molecular weight is 444 g/mol. The van der Waals surface area contributed by atoms with Crippen molar-refractivity contribution in [2.24, 2.45) is 0 Å². The van der Waals surface area contributed by atoms with Crippen LogP contribution in [-0.4, -0.2) is 64.9 Å². The number of aliphatic hydroxyl groups is 2. The minimum Gasteiger partial charge on any atom is -0.479 e. The molecule has 1 unspecified atom stereocenters. The molecular weight excluding hydrogens is 416 g/mol. The average Bonchev–Trinajstić information content (AvgIpc) is 2.93. The topological polar surface area (TPSA) is 112 Å². The zero-order valence-electron chi connectivity index (χ0n) is 18.2. The molecular formula is C24H28O8. The van der Waals surface area contributed by atoms with Gasteiger partial charge in [0.05, 0.1) is 0 Å². The van der Waals surface area contributed by atoms with Gasteiger partial charge in [-0.15, -0.1) is 0 Å². The zero-order chi connectivity index (χ0) is 23.3. The highest BCUT2D eigenvalue weighted by atomic mass is 16.6. The summed E-state index contributed by atoms with van der Waals surface area (Å²) < 4.78 is 22.2. The van der Waals surface area contributed by atoms with E-state index in [4.69, 9.17) is 18.9 Å². The maximum absolute atomic E-state index is 11.5. The second kappa shape index (κ2) is 10.1. The van der Waals surface area contributed by atoms with Crippen LogP contribution >= 0.6 is 0 Å². The van der Waals surface area contributed by atoms with Gasteiger partial charge in [-0.1, -0.05) is 36.4 Å². The third-order valence-corrected chi connectivity index (χ3v) is 5.17. The second-order valence-electron chi connectivity index (χ2n) is 7.91. The fourth-order valence-corrected chi connectivity index (χ4v) is 3.61. The van der Waals surface area contributed by atoms with Gasteiger partial charge in [0, 0.05) is 13.8 Å². The number of hydrogen-bond donors (Lipinski definition) is 2. The molecule has 0 spiro atoms. The van der Waals surface area contributed by atoms with Crippen LogP contribution in [0.5, 0.6) is 5.75 Å². The van der Waals surface area contributed by atoms with Crippen molar-refractivity contribution in [2.45, 2.75) is 56.9 Å². The Bertz CT molecular complexity index is 906. The fourth-order valence-electron chi connectivity index (χ4n) is 3.61. The van der Waals surface area contributed by atoms with Crippen LogP contribution in [0.1, 0.15) is 20.8 Å². The monoisotopic (exact) mass is 444 g/mol. The molecule has 0 radical (unpaired) electrons. The predicted octanol–water partition coefficient (Wildman–Crippen LogP) is 1.86. The van der Waals surface area contributed by atoms with Crippen molar-refractivity contribution >= 4 is 11.9 Å². The highest BCUT2D eigenvalue weighted by molar-refractivity contribution is 5.66. The molecule has 32 heavy (non-hydrogen) atoms. The van der Waals surface area contributed by atoms with Gasteiger partial charge in [0.1, 0.15) is 42.4 Å². The standard InChI is InChI=1S/C24H28O8/c1-15(25)29-14-19-23(30-16(2)26)21(28)20(27)22(31-19)17-8-7-12-24(3,13-11-17)32-18-9-5-4-6-10-18/h4-13,19-23,27-28H,14H2,1-3H3/t19-,20+,21-,22-,23-,24?/m1/s1. The van der Waals surface area contributed by atoms with Crippen molar-refractivity contribution in [3.63, 3.8) is 0 Å². The molecule has 8 heteroatoms. The number of ether oxygens (including phenoxy) is 4. The molecule has 0 bridgehead atoms. The Morgan fingerprint density at radius 2 is 1.78 bits per heavy atom. The number of rotatable bonds is 6. The molecule has 0 amide bonds. The minimum atomic E-state index is -1.44. The number of carbonyl (C=O) groups excluding carboxylic acids is 2. The predicted molar refractivity (Wildman–Crippen MR) is 115 cm³/mol. The Hall–Kier alpha value is -2.94. The summed E-state index contributed by atoms with van der Waals surface area (Å²) in [4.78, 5) is 22.7. The lowest BCUT2D eigenvalue weighted by atomic mass is 9.90. The highest BCUT2D eigenvalue weighted by Gasteiger charge is 2.47. The molecule has 3 rings (SSSR count). The van der Waals surface area contributed by atoms with Gasteiger partial charge in [-0.05, 0) is 36.8 Å². The molecule has 1 saturated heterocycles. The Morgan fingerprint density at radius 1 is 1.06 bits per heavy atom. The first-order valence-electron chi connectivity index (χ1n) is 10.3. The molecule has 172 valence electrons. The summed E-state index contributed by atoms with van der Waals surface area (Å²) >= 11 is 0. The molecule has 1 aromatic carbocycles. The largest absolute Gasteiger partial charge is 0.479 e. The van der Waals surface area contributed by atoms with Crippen molar-refractivity contribution in [1.82, 2.24) is 0 Å². The highest BCUT2D eigenvalue weighted by Crippen LogP contribution is 2.31. The summed E-state index contributed by atoms with van der Waals surface area (Å²) in [6, 6.07) is 9.36. The molecule has 2 aliphatic rings. The van der Waals surface area contributed by atoms with Crippen LogP contribution < -0.4 is 4.74 Å². The molecule has 1 fully saturated rings. The Morgan fingerprint density at radius 3 is 2.44 bits per heavy atom. The Balaban J connectivity index is 1.80. The molecule has 1 aliphatic heterocycles. The number of hydrogen-bond acceptors (Lipinski definition) is 8. The van der Waals surface area contributed by atoms with Crippen molar-refractivity contribution in [2.75, 3.05) is 6.61 Å². The molecule has 1 heterocycles. The van der Waals surface area contributed by atoms with Gasteiger partial charge in [-0.25, -0.2) is 0 Å². The van der Waals surface area contributed by atoms with Gasteiger partial charge >= 0.3 is 11.9 Å². The van der Waals surface area contributed by atoms with E-state index in [1.165, 1.54) is 13.8 Å². The van der Waals surface area contributed by atoms with Gasteiger partial charge in [0.25, 0.3) is 0 Å². The fraction of sp³-hybridized carbons (Fsp3) is 0.417. The summed E-state index contributed by atoms with van der Waals surface area (Å²) in [5.41, 5.74) is -0.183. The van der Waals surface area contributed by atoms with E-state index < -0.39 is 48.1 Å². The van der Waals surface area contributed by atoms with Crippen molar-refractivity contribution in [3.05, 3.63) is 66.3 Å². The molecule has 1 aliphatic carbocycles. The van der Waals surface area contributed by atoms with Crippen LogP contribution in [0.2, 0.25) is 0 Å². The van der Waals surface area contributed by atoms with E-state index >= 15 is 0 Å². The molecule has 2 N–H and O–H groups in total. The van der Waals surface area contributed by atoms with E-state index in [1.54, 1.807) is 18.2 Å². The molecule has 6 atom stereocenters. The van der Waals surface area contributed by atoms with Gasteiger partial charge in [0.15, 0.2) is 6.10 Å². The number of allylic oxidation sites excluding steroid dienone is 2. The van der Waals surface area contributed by atoms with Gasteiger partial charge in [0.2, 0.25) is 0 Å². The van der Waals surface area contributed by atoms with Crippen molar-refractivity contribution in [1.29, 1.82) is 0 Å². The number of para-hydroxylation sites is 1. The van der Waals surface area contributed by atoms with Crippen LogP contribution in [0.15, 0.2) is 66.3 Å². The summed E-state index contributed by atoms with van der Waals surface area (Å²) in [6.07, 6.45) is 3.03. The number of carbonyl (C=O) groups is 2. The van der Waals surface area contributed by atoms with Gasteiger partial charge in [-0.2, -0.15) is 0 Å². The summed E-state index contributed by atoms with van der Waals surface area (Å²) in [7, 11) is 0. The third-order valence-electron chi connectivity index (χ3n) is 5.17. The van der Waals surface area contributed by atoms with Gasteiger partial charge < -0.3 is 29.2 Å². The van der Waals surface area contributed by atoms with Crippen LogP contribution in [0.4, 0.5) is 0 Å². The van der Waals surface area contributed by atoms with Crippen molar-refractivity contribution in [3.8, 4) is 5.75 Å². The van der Waals surface area contributed by atoms with E-state index in [-0.39, 0.29) is 6.61 Å². The Kier molecular flexibility index (Phi) is 7.50. The summed E-state index contributed by atoms with van der Waals surface area (Å²) in [5, 5.41) is 21.4. The Labute approximate surface area is 186 Å². The normalized spacial score (nSPS) is 31.9. The lowest BCUT2D eigenvalue weighted by Gasteiger charge is -2.42. The quantitative estimate of drug-likeness (QED) is 0.640. The van der Waals surface area contributed by atoms with Gasteiger partial charge in [-0.3, -0.25) is 9.59 Å². The number of benzene rings is 1. The lowest BCUT2D eigenvalue weighted by molar-refractivity contribution is -0.232. The lowest BCUT2D eigenvalue weighted by Crippen LogP contribution is -2.60. The molecule has 0 saturated carbocycles. The molecule has 0 aromatic heterocycles. The first-order chi connectivity index (χ1) is 15.2.